The molecule has 16 heavy (non-hydrogen) atoms. The summed E-state index contributed by atoms with van der Waals surface area (Å²) in [7, 11) is 1.84. The van der Waals surface area contributed by atoms with Gasteiger partial charge >= 0.3 is 0 Å². The van der Waals surface area contributed by atoms with Crippen LogP contribution in [0.2, 0.25) is 0 Å². The SMILES string of the molecule is CNCCC(=O)c1cccc2cccnc12. The third kappa shape index (κ3) is 2.09. The van der Waals surface area contributed by atoms with E-state index in [1.165, 1.54) is 0 Å². The van der Waals surface area contributed by atoms with Crippen LogP contribution in [0, 0.1) is 0 Å². The van der Waals surface area contributed by atoms with Gasteiger partial charge < -0.3 is 5.32 Å². The molecule has 0 bridgehead atoms. The topological polar surface area (TPSA) is 42.0 Å². The van der Waals surface area contributed by atoms with Crippen LogP contribution in [0.3, 0.4) is 0 Å². The van der Waals surface area contributed by atoms with E-state index in [9.17, 15) is 4.79 Å². The number of Topliss-reactive ketones (excluding diaryl/α,β-unsaturated/α-hetero) is 1. The van der Waals surface area contributed by atoms with Crippen molar-refractivity contribution in [2.45, 2.75) is 6.42 Å². The number of nitrogens with zero attached hydrogens (tertiary/aromatic N) is 1. The van der Waals surface area contributed by atoms with E-state index in [-0.39, 0.29) is 5.78 Å². The quantitative estimate of drug-likeness (QED) is 0.792. The largest absolute Gasteiger partial charge is 0.319 e. The molecule has 2 rings (SSSR count). The summed E-state index contributed by atoms with van der Waals surface area (Å²) in [6, 6.07) is 9.56. The van der Waals surface area contributed by atoms with Crippen LogP contribution in [0.1, 0.15) is 16.8 Å². The van der Waals surface area contributed by atoms with Crippen molar-refractivity contribution in [2.75, 3.05) is 13.6 Å². The van der Waals surface area contributed by atoms with Gasteiger partial charge in [0.2, 0.25) is 0 Å². The molecule has 0 amide bonds. The maximum atomic E-state index is 11.9. The van der Waals surface area contributed by atoms with Gasteiger partial charge in [-0.2, -0.15) is 0 Å². The molecule has 2 aromatic rings. The van der Waals surface area contributed by atoms with Crippen LogP contribution < -0.4 is 5.32 Å². The number of hydrogen-bond donors (Lipinski definition) is 1. The van der Waals surface area contributed by atoms with Gasteiger partial charge in [-0.15, -0.1) is 0 Å². The van der Waals surface area contributed by atoms with Crippen molar-refractivity contribution in [3.63, 3.8) is 0 Å². The fourth-order valence-electron chi connectivity index (χ4n) is 1.70. The van der Waals surface area contributed by atoms with E-state index in [1.54, 1.807) is 6.20 Å². The van der Waals surface area contributed by atoms with E-state index in [1.807, 2.05) is 37.4 Å². The van der Waals surface area contributed by atoms with E-state index >= 15 is 0 Å². The van der Waals surface area contributed by atoms with E-state index in [0.717, 1.165) is 10.9 Å². The summed E-state index contributed by atoms with van der Waals surface area (Å²) in [5.74, 6) is 0.138. The highest BCUT2D eigenvalue weighted by Crippen LogP contribution is 2.17. The third-order valence-corrected chi connectivity index (χ3v) is 2.54. The average molecular weight is 214 g/mol. The predicted molar refractivity (Wildman–Crippen MR) is 64.6 cm³/mol. The van der Waals surface area contributed by atoms with Crippen LogP contribution in [0.5, 0.6) is 0 Å². The number of hydrogen-bond acceptors (Lipinski definition) is 3. The molecule has 0 fully saturated rings. The van der Waals surface area contributed by atoms with Crippen LogP contribution in [0.25, 0.3) is 10.9 Å². The Labute approximate surface area is 94.5 Å². The van der Waals surface area contributed by atoms with Gasteiger partial charge in [-0.1, -0.05) is 18.2 Å². The molecular weight excluding hydrogens is 200 g/mol. The number of carbonyl (C=O) groups is 1. The molecule has 0 spiro atoms. The summed E-state index contributed by atoms with van der Waals surface area (Å²) < 4.78 is 0. The summed E-state index contributed by atoms with van der Waals surface area (Å²) in [5.41, 5.74) is 1.51. The first-order valence-corrected chi connectivity index (χ1v) is 5.34. The summed E-state index contributed by atoms with van der Waals surface area (Å²) in [5, 5.41) is 3.99. The van der Waals surface area contributed by atoms with Gasteiger partial charge in [0.05, 0.1) is 5.52 Å². The van der Waals surface area contributed by atoms with Crippen molar-refractivity contribution in [1.82, 2.24) is 10.3 Å². The Morgan fingerprint density at radius 3 is 2.94 bits per heavy atom. The van der Waals surface area contributed by atoms with Crippen LogP contribution in [0.4, 0.5) is 0 Å². The molecule has 1 aromatic carbocycles. The monoisotopic (exact) mass is 214 g/mol. The lowest BCUT2D eigenvalue weighted by molar-refractivity contribution is 0.0984. The molecule has 3 nitrogen and oxygen atoms in total. The Hall–Kier alpha value is -1.74. The normalized spacial score (nSPS) is 10.6. The number of pyridine rings is 1. The number of carbonyl (C=O) groups excluding carboxylic acids is 1. The maximum absolute atomic E-state index is 11.9. The maximum Gasteiger partial charge on any atom is 0.166 e. The number of benzene rings is 1. The number of aromatic nitrogens is 1. The molecule has 1 heterocycles. The lowest BCUT2D eigenvalue weighted by Gasteiger charge is -2.04. The Morgan fingerprint density at radius 2 is 2.12 bits per heavy atom. The molecule has 0 aliphatic rings. The molecule has 0 aliphatic carbocycles. The lowest BCUT2D eigenvalue weighted by Crippen LogP contribution is -2.13. The highest BCUT2D eigenvalue weighted by atomic mass is 16.1. The first-order chi connectivity index (χ1) is 7.83. The first-order valence-electron chi connectivity index (χ1n) is 5.34. The fourth-order valence-corrected chi connectivity index (χ4v) is 1.70. The molecule has 3 heteroatoms. The van der Waals surface area contributed by atoms with Gasteiger partial charge in [0.15, 0.2) is 5.78 Å². The van der Waals surface area contributed by atoms with Crippen LogP contribution in [-0.4, -0.2) is 24.4 Å². The minimum atomic E-state index is 0.138. The molecule has 0 unspecified atom stereocenters. The lowest BCUT2D eigenvalue weighted by atomic mass is 10.0. The minimum absolute atomic E-state index is 0.138. The Morgan fingerprint density at radius 1 is 1.31 bits per heavy atom. The molecule has 0 aliphatic heterocycles. The average Bonchev–Trinajstić information content (AvgIpc) is 2.35. The molecule has 1 N–H and O–H groups in total. The molecule has 0 saturated heterocycles. The highest BCUT2D eigenvalue weighted by Gasteiger charge is 2.09. The number of para-hydroxylation sites is 1. The van der Waals surface area contributed by atoms with Crippen molar-refractivity contribution in [3.05, 3.63) is 42.1 Å². The summed E-state index contributed by atoms with van der Waals surface area (Å²) >= 11 is 0. The van der Waals surface area contributed by atoms with Crippen molar-refractivity contribution >= 4 is 16.7 Å². The Kier molecular flexibility index (Phi) is 3.27. The molecule has 0 radical (unpaired) electrons. The van der Waals surface area contributed by atoms with Crippen LogP contribution in [-0.2, 0) is 0 Å². The number of fused-ring (bicyclic) bond motifs is 1. The number of rotatable bonds is 4. The predicted octanol–water partition coefficient (Wildman–Crippen LogP) is 2.03. The first kappa shape index (κ1) is 10.8. The molecular formula is C13H14N2O. The smallest absolute Gasteiger partial charge is 0.166 e. The van der Waals surface area contributed by atoms with E-state index < -0.39 is 0 Å². The number of nitrogens with one attached hydrogen (secondary N) is 1. The van der Waals surface area contributed by atoms with E-state index in [4.69, 9.17) is 0 Å². The van der Waals surface area contributed by atoms with Gasteiger partial charge in [-0.25, -0.2) is 0 Å². The Balaban J connectivity index is 2.40. The van der Waals surface area contributed by atoms with Crippen molar-refractivity contribution < 1.29 is 4.79 Å². The van der Waals surface area contributed by atoms with E-state index in [2.05, 4.69) is 10.3 Å². The number of ketones is 1. The molecule has 0 atom stereocenters. The third-order valence-electron chi connectivity index (χ3n) is 2.54. The molecule has 0 saturated carbocycles. The second-order valence-corrected chi connectivity index (χ2v) is 3.66. The zero-order valence-electron chi connectivity index (χ0n) is 9.23. The van der Waals surface area contributed by atoms with Gasteiger partial charge in [0, 0.05) is 30.1 Å². The molecule has 82 valence electrons. The molecule has 1 aromatic heterocycles. The summed E-state index contributed by atoms with van der Waals surface area (Å²) in [4.78, 5) is 16.2. The minimum Gasteiger partial charge on any atom is -0.319 e. The summed E-state index contributed by atoms with van der Waals surface area (Å²) in [6.07, 6.45) is 2.23. The van der Waals surface area contributed by atoms with Crippen molar-refractivity contribution in [2.24, 2.45) is 0 Å². The van der Waals surface area contributed by atoms with Gasteiger partial charge in [0.1, 0.15) is 0 Å². The second-order valence-electron chi connectivity index (χ2n) is 3.66. The van der Waals surface area contributed by atoms with E-state index in [0.29, 0.717) is 18.5 Å². The second kappa shape index (κ2) is 4.86. The fraction of sp³-hybridized carbons (Fsp3) is 0.231. The zero-order valence-corrected chi connectivity index (χ0v) is 9.23. The van der Waals surface area contributed by atoms with Crippen LogP contribution >= 0.6 is 0 Å². The van der Waals surface area contributed by atoms with Crippen molar-refractivity contribution in [1.29, 1.82) is 0 Å². The summed E-state index contributed by atoms with van der Waals surface area (Å²) in [6.45, 7) is 0.696. The van der Waals surface area contributed by atoms with Crippen molar-refractivity contribution in [3.8, 4) is 0 Å². The zero-order chi connectivity index (χ0) is 11.4. The van der Waals surface area contributed by atoms with Gasteiger partial charge in [-0.05, 0) is 19.2 Å². The highest BCUT2D eigenvalue weighted by molar-refractivity contribution is 6.06. The van der Waals surface area contributed by atoms with Crippen LogP contribution in [0.15, 0.2) is 36.5 Å². The van der Waals surface area contributed by atoms with Gasteiger partial charge in [0.25, 0.3) is 0 Å². The van der Waals surface area contributed by atoms with Gasteiger partial charge in [-0.3, -0.25) is 9.78 Å². The standard InChI is InChI=1S/C13H14N2O/c1-14-9-7-12(16)11-6-2-4-10-5-3-8-15-13(10)11/h2-6,8,14H,7,9H2,1H3. The Bertz CT molecular complexity index is 503.